The number of nitrogens with one attached hydrogen (secondary N) is 1. The maximum Gasteiger partial charge on any atom is 0.164 e. The predicted octanol–water partition coefficient (Wildman–Crippen LogP) is 14.3. The zero-order valence-electron chi connectivity index (χ0n) is 37.8. The summed E-state index contributed by atoms with van der Waals surface area (Å²) in [6.07, 6.45) is 10.6. The molecule has 67 heavy (non-hydrogen) atoms. The lowest BCUT2D eigenvalue weighted by Gasteiger charge is -2.26. The fourth-order valence-corrected chi connectivity index (χ4v) is 8.88. The molecule has 324 valence electrons. The standard InChI is InChI=1S/C60H49N7/c1-4-5-31-51(41(2)66(3)60(45-27-16-9-17-28-45)62-56(61)42-21-10-6-11-22-42)48-35-34-46(38-48)47-36-37-55-53(40-47)52-32-18-19-33-54(52)67(55)50-30-20-29-49(39-50)59-64-57(43-23-12-7-13-24-43)63-58(65-59)44-25-14-8-15-26-44/h4-30,32-34,36-40,61H,31,35H2,1-3H3/b5-4-,51-41+,61-56?,62-60?. The quantitative estimate of drug-likeness (QED) is 0.0797. The van der Waals surface area contributed by atoms with Gasteiger partial charge in [-0.05, 0) is 79.3 Å². The highest BCUT2D eigenvalue weighted by Crippen LogP contribution is 2.39. The summed E-state index contributed by atoms with van der Waals surface area (Å²) in [5, 5.41) is 11.3. The second kappa shape index (κ2) is 18.9. The number of nitrogens with zero attached hydrogens (tertiary/aromatic N) is 6. The molecule has 1 aliphatic rings. The number of amidine groups is 2. The Balaban J connectivity index is 1.01. The summed E-state index contributed by atoms with van der Waals surface area (Å²) in [7, 11) is 2.06. The smallest absolute Gasteiger partial charge is 0.164 e. The minimum Gasteiger partial charge on any atom is -0.333 e. The lowest BCUT2D eigenvalue weighted by Crippen LogP contribution is -2.28. The van der Waals surface area contributed by atoms with Crippen LogP contribution in [0.2, 0.25) is 0 Å². The van der Waals surface area contributed by atoms with E-state index in [-0.39, 0.29) is 5.84 Å². The number of allylic oxidation sites excluding steroid dienone is 8. The largest absolute Gasteiger partial charge is 0.333 e. The number of fused-ring (bicyclic) bond motifs is 3. The number of para-hydroxylation sites is 1. The van der Waals surface area contributed by atoms with Gasteiger partial charge < -0.3 is 9.47 Å². The summed E-state index contributed by atoms with van der Waals surface area (Å²) in [4.78, 5) is 22.1. The molecule has 0 aliphatic heterocycles. The van der Waals surface area contributed by atoms with Gasteiger partial charge in [-0.1, -0.05) is 182 Å². The minimum absolute atomic E-state index is 0.222. The topological polar surface area (TPSA) is 83.1 Å². The maximum atomic E-state index is 8.95. The molecule has 7 aromatic carbocycles. The van der Waals surface area contributed by atoms with E-state index < -0.39 is 0 Å². The van der Waals surface area contributed by atoms with Crippen molar-refractivity contribution in [2.75, 3.05) is 7.05 Å². The first-order chi connectivity index (χ1) is 32.9. The molecule has 9 aromatic rings. The number of aliphatic imine (C=N–C) groups is 1. The van der Waals surface area contributed by atoms with Crippen molar-refractivity contribution in [1.29, 1.82) is 5.41 Å². The Morgan fingerprint density at radius 2 is 1.18 bits per heavy atom. The van der Waals surface area contributed by atoms with Gasteiger partial charge in [0.25, 0.3) is 0 Å². The second-order valence-corrected chi connectivity index (χ2v) is 16.6. The first-order valence-corrected chi connectivity index (χ1v) is 22.7. The highest BCUT2D eigenvalue weighted by molar-refractivity contribution is 6.11. The van der Waals surface area contributed by atoms with E-state index in [9.17, 15) is 0 Å². The Labute approximate surface area is 391 Å². The fourth-order valence-electron chi connectivity index (χ4n) is 8.88. The normalized spacial score (nSPS) is 13.2. The van der Waals surface area contributed by atoms with Crippen LogP contribution in [0, 0.1) is 5.41 Å². The van der Waals surface area contributed by atoms with Crippen LogP contribution in [0.4, 0.5) is 0 Å². The van der Waals surface area contributed by atoms with Gasteiger partial charge in [0.05, 0.1) is 11.0 Å². The molecular formula is C60H49N7. The van der Waals surface area contributed by atoms with Gasteiger partial charge in [0.15, 0.2) is 23.3 Å². The highest BCUT2D eigenvalue weighted by atomic mass is 15.2. The molecule has 7 heteroatoms. The summed E-state index contributed by atoms with van der Waals surface area (Å²) < 4.78 is 2.35. The molecule has 0 bridgehead atoms. The van der Waals surface area contributed by atoms with Gasteiger partial charge in [-0.15, -0.1) is 0 Å². The summed E-state index contributed by atoms with van der Waals surface area (Å²) in [5.74, 6) is 2.84. The van der Waals surface area contributed by atoms with Crippen LogP contribution in [0.1, 0.15) is 43.4 Å². The number of benzene rings is 7. The Morgan fingerprint density at radius 3 is 1.84 bits per heavy atom. The molecule has 0 amide bonds. The van der Waals surface area contributed by atoms with Crippen LogP contribution in [0.15, 0.2) is 234 Å². The lowest BCUT2D eigenvalue weighted by atomic mass is 9.98. The molecule has 1 N–H and O–H groups in total. The van der Waals surface area contributed by atoms with Crippen molar-refractivity contribution in [3.05, 3.63) is 246 Å². The number of aromatic nitrogens is 4. The molecular weight excluding hydrogens is 819 g/mol. The Bertz CT molecular complexity index is 3380. The average Bonchev–Trinajstić information content (AvgIpc) is 4.02. The van der Waals surface area contributed by atoms with Crippen LogP contribution in [0.3, 0.4) is 0 Å². The molecule has 0 atom stereocenters. The van der Waals surface area contributed by atoms with Gasteiger partial charge in [0, 0.05) is 57.0 Å². The van der Waals surface area contributed by atoms with E-state index in [2.05, 4.69) is 134 Å². The van der Waals surface area contributed by atoms with Crippen molar-refractivity contribution in [1.82, 2.24) is 24.4 Å². The van der Waals surface area contributed by atoms with Gasteiger partial charge in [-0.3, -0.25) is 5.41 Å². The van der Waals surface area contributed by atoms with Crippen molar-refractivity contribution in [2.45, 2.75) is 26.7 Å². The van der Waals surface area contributed by atoms with Gasteiger partial charge >= 0.3 is 0 Å². The molecule has 0 unspecified atom stereocenters. The van der Waals surface area contributed by atoms with Crippen LogP contribution < -0.4 is 0 Å². The summed E-state index contributed by atoms with van der Waals surface area (Å²) >= 11 is 0. The van der Waals surface area contributed by atoms with Crippen molar-refractivity contribution in [3.8, 4) is 39.9 Å². The first kappa shape index (κ1) is 42.4. The van der Waals surface area contributed by atoms with Crippen molar-refractivity contribution in [2.24, 2.45) is 4.99 Å². The number of rotatable bonds is 11. The van der Waals surface area contributed by atoms with Gasteiger partial charge in [0.1, 0.15) is 5.84 Å². The highest BCUT2D eigenvalue weighted by Gasteiger charge is 2.21. The Hall–Kier alpha value is -8.55. The Morgan fingerprint density at radius 1 is 0.612 bits per heavy atom. The number of hydrogen-bond donors (Lipinski definition) is 1. The van der Waals surface area contributed by atoms with Gasteiger partial charge in [-0.2, -0.15) is 0 Å². The third-order valence-corrected chi connectivity index (χ3v) is 12.4. The van der Waals surface area contributed by atoms with E-state index in [4.69, 9.17) is 25.4 Å². The SMILES string of the molecule is C/C=C\C/C(C1=CC(c2ccc3c(c2)c2ccccc2n3-c2cccc(-c3nc(-c4ccccc4)nc(-c4ccccc4)n3)c2)=CC1)=C(/C)N(C)C(=NC(=N)c1ccccc1)c1ccccc1. The molecule has 10 rings (SSSR count). The van der Waals surface area contributed by atoms with E-state index in [1.807, 2.05) is 109 Å². The van der Waals surface area contributed by atoms with Crippen LogP contribution in [0.25, 0.3) is 67.2 Å². The van der Waals surface area contributed by atoms with Crippen molar-refractivity contribution < 1.29 is 0 Å². The minimum atomic E-state index is 0.222. The Kier molecular flexibility index (Phi) is 12.0. The maximum absolute atomic E-state index is 8.95. The molecule has 1 aliphatic carbocycles. The molecule has 0 saturated heterocycles. The molecule has 0 saturated carbocycles. The third-order valence-electron chi connectivity index (χ3n) is 12.4. The predicted molar refractivity (Wildman–Crippen MR) is 277 cm³/mol. The molecule has 2 heterocycles. The van der Waals surface area contributed by atoms with E-state index in [0.717, 1.165) is 68.9 Å². The zero-order valence-corrected chi connectivity index (χ0v) is 37.8. The van der Waals surface area contributed by atoms with Gasteiger partial charge in [-0.25, -0.2) is 19.9 Å². The van der Waals surface area contributed by atoms with E-state index >= 15 is 0 Å². The molecule has 0 fully saturated rings. The monoisotopic (exact) mass is 867 g/mol. The van der Waals surface area contributed by atoms with Gasteiger partial charge in [0.2, 0.25) is 0 Å². The number of hydrogen-bond acceptors (Lipinski definition) is 4. The lowest BCUT2D eigenvalue weighted by molar-refractivity contribution is 0.617. The van der Waals surface area contributed by atoms with Crippen LogP contribution in [-0.4, -0.2) is 43.1 Å². The zero-order chi connectivity index (χ0) is 45.7. The molecule has 2 aromatic heterocycles. The van der Waals surface area contributed by atoms with Crippen LogP contribution >= 0.6 is 0 Å². The van der Waals surface area contributed by atoms with E-state index in [0.29, 0.717) is 17.5 Å². The second-order valence-electron chi connectivity index (χ2n) is 16.6. The molecule has 7 nitrogen and oxygen atoms in total. The summed E-state index contributed by atoms with van der Waals surface area (Å²) in [6.45, 7) is 4.24. The third kappa shape index (κ3) is 8.70. The van der Waals surface area contributed by atoms with Crippen LogP contribution in [0.5, 0.6) is 0 Å². The fraction of sp³-hybridized carbons (Fsp3) is 0.0833. The molecule has 0 radical (unpaired) electrons. The summed E-state index contributed by atoms with van der Waals surface area (Å²) in [6, 6.07) is 64.1. The van der Waals surface area contributed by atoms with E-state index in [1.54, 1.807) is 0 Å². The average molecular weight is 868 g/mol. The van der Waals surface area contributed by atoms with Crippen LogP contribution in [-0.2, 0) is 0 Å². The van der Waals surface area contributed by atoms with Crippen molar-refractivity contribution >= 4 is 39.1 Å². The summed E-state index contributed by atoms with van der Waals surface area (Å²) in [5.41, 5.74) is 13.8. The van der Waals surface area contributed by atoms with Crippen molar-refractivity contribution in [3.63, 3.8) is 0 Å². The first-order valence-electron chi connectivity index (χ1n) is 22.7. The van der Waals surface area contributed by atoms with E-state index in [1.165, 1.54) is 33.1 Å². The molecule has 0 spiro atoms.